The van der Waals surface area contributed by atoms with Gasteiger partial charge in [0.15, 0.2) is 0 Å². The van der Waals surface area contributed by atoms with E-state index in [-0.39, 0.29) is 10.8 Å². The second-order valence-electron chi connectivity index (χ2n) is 22.2. The van der Waals surface area contributed by atoms with Gasteiger partial charge in [-0.25, -0.2) is 9.97 Å². The standard InChI is InChI=1S/C74H54N4S2/c1-73(2)63-41-49(47-25-33-57(34-26-47)77(53-17-9-5-10-18-53)54-19-11-6-12-20-54)29-37-59(63)61-39-31-51(43-65(61)73)71-75-67-45-70-68(46-69(67)79-71)76-72(80-70)52-32-40-62-60-38-30-50(42-64(60)74(3,4)66(62)44-52)48-27-35-58(36-28-48)78(55-21-13-7-14-22-55)56-23-15-8-16-24-56/h5-46H,1-4H3. The molecule has 2 heterocycles. The third-order valence-electron chi connectivity index (χ3n) is 16.7. The van der Waals surface area contributed by atoms with Crippen molar-refractivity contribution in [2.45, 2.75) is 38.5 Å². The number of nitrogens with zero attached hydrogens (tertiary/aromatic N) is 4. The van der Waals surface area contributed by atoms with Gasteiger partial charge in [-0.05, 0) is 176 Å². The lowest BCUT2D eigenvalue weighted by atomic mass is 9.81. The van der Waals surface area contributed by atoms with Crippen molar-refractivity contribution in [3.63, 3.8) is 0 Å². The number of anilines is 6. The summed E-state index contributed by atoms with van der Waals surface area (Å²) in [7, 11) is 0. The molecule has 382 valence electrons. The van der Waals surface area contributed by atoms with E-state index in [9.17, 15) is 0 Å². The van der Waals surface area contributed by atoms with Gasteiger partial charge < -0.3 is 9.80 Å². The molecule has 11 aromatic carbocycles. The molecular formula is C74H54N4S2. The van der Waals surface area contributed by atoms with E-state index in [0.29, 0.717) is 0 Å². The lowest BCUT2D eigenvalue weighted by Crippen LogP contribution is -2.15. The minimum absolute atomic E-state index is 0.186. The van der Waals surface area contributed by atoms with Gasteiger partial charge in [0.05, 0.1) is 20.4 Å². The van der Waals surface area contributed by atoms with Gasteiger partial charge in [0.2, 0.25) is 0 Å². The van der Waals surface area contributed by atoms with Crippen LogP contribution < -0.4 is 9.80 Å². The zero-order chi connectivity index (χ0) is 53.7. The predicted molar refractivity (Wildman–Crippen MR) is 339 cm³/mol. The van der Waals surface area contributed by atoms with Gasteiger partial charge in [-0.15, -0.1) is 22.7 Å². The first-order valence-corrected chi connectivity index (χ1v) is 29.1. The molecule has 0 radical (unpaired) electrons. The Labute approximate surface area is 475 Å². The van der Waals surface area contributed by atoms with Crippen LogP contribution in [-0.2, 0) is 10.8 Å². The van der Waals surface area contributed by atoms with Crippen LogP contribution in [0.4, 0.5) is 34.1 Å². The van der Waals surface area contributed by atoms with Crippen LogP contribution in [0.1, 0.15) is 49.9 Å². The topological polar surface area (TPSA) is 32.3 Å². The third kappa shape index (κ3) is 8.00. The normalized spacial score (nSPS) is 13.4. The summed E-state index contributed by atoms with van der Waals surface area (Å²) < 4.78 is 2.30. The van der Waals surface area contributed by atoms with Crippen molar-refractivity contribution in [1.29, 1.82) is 0 Å². The molecule has 0 saturated carbocycles. The molecule has 2 aliphatic carbocycles. The van der Waals surface area contributed by atoms with Crippen LogP contribution in [0.3, 0.4) is 0 Å². The number of hydrogen-bond acceptors (Lipinski definition) is 6. The molecule has 0 bridgehead atoms. The van der Waals surface area contributed by atoms with Crippen LogP contribution in [0, 0.1) is 0 Å². The Hall–Kier alpha value is -9.20. The minimum atomic E-state index is -0.186. The summed E-state index contributed by atoms with van der Waals surface area (Å²) in [5.41, 5.74) is 26.2. The lowest BCUT2D eigenvalue weighted by Gasteiger charge is -2.25. The smallest absolute Gasteiger partial charge is 0.124 e. The van der Waals surface area contributed by atoms with E-state index >= 15 is 0 Å². The van der Waals surface area contributed by atoms with E-state index in [0.717, 1.165) is 75.7 Å². The molecule has 0 aliphatic heterocycles. The van der Waals surface area contributed by atoms with Gasteiger partial charge in [-0.1, -0.05) is 173 Å². The number of rotatable bonds is 10. The second-order valence-corrected chi connectivity index (χ2v) is 24.3. The first kappa shape index (κ1) is 48.0. The maximum absolute atomic E-state index is 5.30. The Morgan fingerprint density at radius 3 is 0.850 bits per heavy atom. The number of thiazole rings is 2. The highest BCUT2D eigenvalue weighted by molar-refractivity contribution is 7.23. The minimum Gasteiger partial charge on any atom is -0.311 e. The fourth-order valence-corrected chi connectivity index (χ4v) is 14.5. The van der Waals surface area contributed by atoms with Gasteiger partial charge in [0.1, 0.15) is 10.0 Å². The molecule has 13 aromatic rings. The van der Waals surface area contributed by atoms with Crippen molar-refractivity contribution in [3.05, 3.63) is 277 Å². The van der Waals surface area contributed by atoms with E-state index < -0.39 is 0 Å². The van der Waals surface area contributed by atoms with Crippen molar-refractivity contribution in [3.8, 4) is 65.6 Å². The molecule has 0 amide bonds. The molecule has 2 aromatic heterocycles. The van der Waals surface area contributed by atoms with Gasteiger partial charge in [-0.2, -0.15) is 0 Å². The largest absolute Gasteiger partial charge is 0.311 e. The summed E-state index contributed by atoms with van der Waals surface area (Å²) in [4.78, 5) is 15.2. The third-order valence-corrected chi connectivity index (χ3v) is 18.9. The molecule has 6 heteroatoms. The van der Waals surface area contributed by atoms with Crippen LogP contribution in [0.2, 0.25) is 0 Å². The van der Waals surface area contributed by atoms with E-state index in [4.69, 9.17) is 9.97 Å². The maximum atomic E-state index is 5.30. The number of hydrogen-bond donors (Lipinski definition) is 0. The molecule has 2 aliphatic rings. The van der Waals surface area contributed by atoms with Crippen LogP contribution in [0.15, 0.2) is 255 Å². The fraction of sp³-hybridized carbons (Fsp3) is 0.0811. The van der Waals surface area contributed by atoms with Crippen molar-refractivity contribution < 1.29 is 0 Å². The van der Waals surface area contributed by atoms with E-state index in [1.165, 1.54) is 66.8 Å². The highest BCUT2D eigenvalue weighted by Crippen LogP contribution is 2.53. The van der Waals surface area contributed by atoms with Crippen LogP contribution in [0.5, 0.6) is 0 Å². The molecular weight excluding hydrogens is 1010 g/mol. The van der Waals surface area contributed by atoms with Crippen LogP contribution in [-0.4, -0.2) is 9.97 Å². The molecule has 0 unspecified atom stereocenters. The quantitative estimate of drug-likeness (QED) is 0.137. The molecule has 0 N–H and O–H groups in total. The number of para-hydroxylation sites is 4. The highest BCUT2D eigenvalue weighted by Gasteiger charge is 2.38. The summed E-state index contributed by atoms with van der Waals surface area (Å²) in [6.45, 7) is 9.47. The van der Waals surface area contributed by atoms with Crippen molar-refractivity contribution in [1.82, 2.24) is 9.97 Å². The lowest BCUT2D eigenvalue weighted by molar-refractivity contribution is 0.660. The first-order chi connectivity index (χ1) is 39.1. The van der Waals surface area contributed by atoms with Crippen LogP contribution >= 0.6 is 22.7 Å². The average Bonchev–Trinajstić information content (AvgIpc) is 4.26. The Morgan fingerprint density at radius 1 is 0.275 bits per heavy atom. The number of benzene rings is 11. The average molecular weight is 1060 g/mol. The zero-order valence-corrected chi connectivity index (χ0v) is 46.5. The van der Waals surface area contributed by atoms with Crippen molar-refractivity contribution >= 4 is 77.2 Å². The Kier molecular flexibility index (Phi) is 11.2. The molecule has 0 atom stereocenters. The second kappa shape index (κ2) is 18.7. The molecule has 80 heavy (non-hydrogen) atoms. The first-order valence-electron chi connectivity index (χ1n) is 27.4. The molecule has 0 fully saturated rings. The van der Waals surface area contributed by atoms with Gasteiger partial charge >= 0.3 is 0 Å². The predicted octanol–water partition coefficient (Wildman–Crippen LogP) is 21.1. The Balaban J connectivity index is 0.671. The molecule has 0 spiro atoms. The summed E-state index contributed by atoms with van der Waals surface area (Å²) in [5, 5.41) is 2.07. The monoisotopic (exact) mass is 1060 g/mol. The van der Waals surface area contributed by atoms with Crippen molar-refractivity contribution in [2.24, 2.45) is 0 Å². The highest BCUT2D eigenvalue weighted by atomic mass is 32.1. The fourth-order valence-electron chi connectivity index (χ4n) is 12.5. The summed E-state index contributed by atoms with van der Waals surface area (Å²) in [5.74, 6) is 0. The molecule has 15 rings (SSSR count). The van der Waals surface area contributed by atoms with E-state index in [1.807, 2.05) is 0 Å². The molecule has 4 nitrogen and oxygen atoms in total. The summed E-state index contributed by atoms with van der Waals surface area (Å²) in [6, 6.07) is 92.7. The summed E-state index contributed by atoms with van der Waals surface area (Å²) in [6.07, 6.45) is 0. The Bertz CT molecular complexity index is 4090. The van der Waals surface area contributed by atoms with E-state index in [2.05, 4.69) is 292 Å². The van der Waals surface area contributed by atoms with Gasteiger partial charge in [0.25, 0.3) is 0 Å². The van der Waals surface area contributed by atoms with Gasteiger partial charge in [0, 0.05) is 56.1 Å². The number of fused-ring (bicyclic) bond motifs is 8. The maximum Gasteiger partial charge on any atom is 0.124 e. The van der Waals surface area contributed by atoms with Gasteiger partial charge in [-0.3, -0.25) is 0 Å². The van der Waals surface area contributed by atoms with E-state index in [1.54, 1.807) is 22.7 Å². The molecule has 0 saturated heterocycles. The SMILES string of the molecule is CC1(C)c2cc(-c3ccc(N(c4ccccc4)c4ccccc4)cc3)ccc2-c2ccc(-c3nc4cc5sc(-c6ccc7c(c6)C(C)(C)c6cc(-c8ccc(N(c9ccccc9)c9ccccc9)cc8)ccc6-7)nc5cc4s3)cc21. The van der Waals surface area contributed by atoms with Crippen LogP contribution in [0.25, 0.3) is 86.1 Å². The Morgan fingerprint density at radius 2 is 0.537 bits per heavy atom. The van der Waals surface area contributed by atoms with Crippen molar-refractivity contribution in [2.75, 3.05) is 9.80 Å². The zero-order valence-electron chi connectivity index (χ0n) is 44.9. The summed E-state index contributed by atoms with van der Waals surface area (Å²) >= 11 is 3.51. The number of aromatic nitrogens is 2.